The van der Waals surface area contributed by atoms with Gasteiger partial charge in [-0.3, -0.25) is 4.90 Å². The summed E-state index contributed by atoms with van der Waals surface area (Å²) in [7, 11) is 1.68. The van der Waals surface area contributed by atoms with Crippen molar-refractivity contribution in [3.05, 3.63) is 0 Å². The van der Waals surface area contributed by atoms with Gasteiger partial charge in [-0.25, -0.2) is 9.59 Å². The van der Waals surface area contributed by atoms with Crippen LogP contribution in [0.1, 0.15) is 19.8 Å². The Kier molecular flexibility index (Phi) is 6.04. The summed E-state index contributed by atoms with van der Waals surface area (Å²) in [4.78, 5) is 26.0. The molecule has 7 nitrogen and oxygen atoms in total. The predicted molar refractivity (Wildman–Crippen MR) is 69.9 cm³/mol. The molecular formula is C12H23N3O4. The van der Waals surface area contributed by atoms with Gasteiger partial charge >= 0.3 is 12.0 Å². The number of aliphatic carboxylic acids is 1. The van der Waals surface area contributed by atoms with Crippen molar-refractivity contribution in [1.82, 2.24) is 15.1 Å². The lowest BCUT2D eigenvalue weighted by Gasteiger charge is -2.28. The second kappa shape index (κ2) is 7.30. The van der Waals surface area contributed by atoms with Crippen molar-refractivity contribution >= 4 is 12.0 Å². The van der Waals surface area contributed by atoms with Gasteiger partial charge in [-0.1, -0.05) is 6.92 Å². The summed E-state index contributed by atoms with van der Waals surface area (Å²) in [6.07, 6.45) is 0.658. The zero-order chi connectivity index (χ0) is 14.4. The van der Waals surface area contributed by atoms with E-state index in [4.69, 9.17) is 10.2 Å². The highest BCUT2D eigenvalue weighted by Gasteiger charge is 2.25. The molecule has 0 bridgehead atoms. The van der Waals surface area contributed by atoms with Crippen LogP contribution in [0.15, 0.2) is 0 Å². The highest BCUT2D eigenvalue weighted by molar-refractivity contribution is 5.76. The topological polar surface area (TPSA) is 93.1 Å². The van der Waals surface area contributed by atoms with Gasteiger partial charge < -0.3 is 20.4 Å². The van der Waals surface area contributed by atoms with E-state index in [-0.39, 0.29) is 12.6 Å². The van der Waals surface area contributed by atoms with Crippen LogP contribution in [-0.4, -0.2) is 77.4 Å². The largest absolute Gasteiger partial charge is 0.479 e. The quantitative estimate of drug-likeness (QED) is 0.610. The number of likely N-dealkylation sites (tertiary alicyclic amines) is 1. The molecule has 110 valence electrons. The van der Waals surface area contributed by atoms with E-state index in [1.54, 1.807) is 7.05 Å². The average Bonchev–Trinajstić information content (AvgIpc) is 2.82. The van der Waals surface area contributed by atoms with E-state index in [0.29, 0.717) is 12.6 Å². The minimum Gasteiger partial charge on any atom is -0.479 e. The monoisotopic (exact) mass is 273 g/mol. The van der Waals surface area contributed by atoms with E-state index in [2.05, 4.69) is 17.1 Å². The Balaban J connectivity index is 2.34. The number of likely N-dealkylation sites (N-methyl/N-ethyl adjacent to an activating group) is 2. The van der Waals surface area contributed by atoms with Crippen LogP contribution >= 0.6 is 0 Å². The predicted octanol–water partition coefficient (Wildman–Crippen LogP) is -0.442. The van der Waals surface area contributed by atoms with E-state index in [9.17, 15) is 9.59 Å². The Morgan fingerprint density at radius 1 is 1.53 bits per heavy atom. The fourth-order valence-electron chi connectivity index (χ4n) is 2.32. The molecule has 0 spiro atoms. The van der Waals surface area contributed by atoms with Gasteiger partial charge in [-0.2, -0.15) is 0 Å². The molecule has 1 aliphatic rings. The number of rotatable bonds is 6. The summed E-state index contributed by atoms with van der Waals surface area (Å²) in [6.45, 7) is 4.47. The van der Waals surface area contributed by atoms with Crippen molar-refractivity contribution in [2.75, 3.05) is 33.2 Å². The van der Waals surface area contributed by atoms with Crippen LogP contribution in [0.2, 0.25) is 0 Å². The molecule has 0 aliphatic carbocycles. The van der Waals surface area contributed by atoms with Gasteiger partial charge in [0.2, 0.25) is 0 Å². The summed E-state index contributed by atoms with van der Waals surface area (Å²) in [5, 5.41) is 20.0. The van der Waals surface area contributed by atoms with E-state index in [1.165, 1.54) is 4.90 Å². The van der Waals surface area contributed by atoms with Crippen LogP contribution < -0.4 is 5.32 Å². The number of hydrogen-bond donors (Lipinski definition) is 3. The zero-order valence-electron chi connectivity index (χ0n) is 11.5. The van der Waals surface area contributed by atoms with Crippen molar-refractivity contribution in [2.24, 2.45) is 0 Å². The fraction of sp³-hybridized carbons (Fsp3) is 0.833. The highest BCUT2D eigenvalue weighted by Crippen LogP contribution is 2.17. The standard InChI is InChI=1S/C12H23N3O4/c1-3-15-6-4-5-9(15)8-14(2)12(19)13-7-10(16)11(17)18/h9-10,16H,3-8H2,1-2H3,(H,13,19)(H,17,18). The Labute approximate surface area is 113 Å². The first kappa shape index (κ1) is 15.7. The molecule has 1 aliphatic heterocycles. The Morgan fingerprint density at radius 3 is 2.79 bits per heavy atom. The molecule has 1 rings (SSSR count). The number of amides is 2. The average molecular weight is 273 g/mol. The number of hydrogen-bond acceptors (Lipinski definition) is 4. The molecule has 1 heterocycles. The van der Waals surface area contributed by atoms with E-state index in [1.807, 2.05) is 0 Å². The molecule has 2 atom stereocenters. The molecule has 0 aromatic rings. The molecule has 0 aromatic heterocycles. The maximum absolute atomic E-state index is 11.7. The second-order valence-electron chi connectivity index (χ2n) is 4.85. The maximum Gasteiger partial charge on any atom is 0.334 e. The van der Waals surface area contributed by atoms with Crippen LogP contribution in [0.5, 0.6) is 0 Å². The Hall–Kier alpha value is -1.34. The first-order valence-corrected chi connectivity index (χ1v) is 6.59. The van der Waals surface area contributed by atoms with Crippen LogP contribution in [-0.2, 0) is 4.79 Å². The van der Waals surface area contributed by atoms with Gasteiger partial charge in [0.05, 0.1) is 6.54 Å². The molecule has 0 saturated carbocycles. The fourth-order valence-corrected chi connectivity index (χ4v) is 2.32. The molecule has 19 heavy (non-hydrogen) atoms. The van der Waals surface area contributed by atoms with Gasteiger partial charge in [0, 0.05) is 19.6 Å². The van der Waals surface area contributed by atoms with E-state index >= 15 is 0 Å². The van der Waals surface area contributed by atoms with Gasteiger partial charge in [0.1, 0.15) is 0 Å². The lowest BCUT2D eigenvalue weighted by Crippen LogP contribution is -2.47. The van der Waals surface area contributed by atoms with Gasteiger partial charge in [-0.15, -0.1) is 0 Å². The van der Waals surface area contributed by atoms with Gasteiger partial charge in [-0.05, 0) is 25.9 Å². The number of urea groups is 1. The molecule has 1 fully saturated rings. The smallest absolute Gasteiger partial charge is 0.334 e. The molecule has 2 amide bonds. The molecule has 0 aromatic carbocycles. The first-order valence-electron chi connectivity index (χ1n) is 6.59. The highest BCUT2D eigenvalue weighted by atomic mass is 16.4. The third-order valence-electron chi connectivity index (χ3n) is 3.47. The van der Waals surface area contributed by atoms with Crippen molar-refractivity contribution < 1.29 is 19.8 Å². The minimum absolute atomic E-state index is 0.277. The number of nitrogens with zero attached hydrogens (tertiary/aromatic N) is 2. The van der Waals surface area contributed by atoms with E-state index in [0.717, 1.165) is 25.9 Å². The summed E-state index contributed by atoms with van der Waals surface area (Å²) in [5.74, 6) is -1.34. The third kappa shape index (κ3) is 4.68. The van der Waals surface area contributed by atoms with Gasteiger partial charge in [0.15, 0.2) is 6.10 Å². The summed E-state index contributed by atoms with van der Waals surface area (Å²) in [5.41, 5.74) is 0. The molecular weight excluding hydrogens is 250 g/mol. The van der Waals surface area contributed by atoms with Gasteiger partial charge in [0.25, 0.3) is 0 Å². The van der Waals surface area contributed by atoms with Crippen molar-refractivity contribution in [2.45, 2.75) is 31.9 Å². The lowest BCUT2D eigenvalue weighted by molar-refractivity contribution is -0.146. The van der Waals surface area contributed by atoms with Crippen molar-refractivity contribution in [3.8, 4) is 0 Å². The molecule has 2 unspecified atom stereocenters. The number of carbonyl (C=O) groups is 2. The van der Waals surface area contributed by atoms with Crippen molar-refractivity contribution in [3.63, 3.8) is 0 Å². The number of nitrogens with one attached hydrogen (secondary N) is 1. The Morgan fingerprint density at radius 2 is 2.21 bits per heavy atom. The molecule has 0 radical (unpaired) electrons. The second-order valence-corrected chi connectivity index (χ2v) is 4.85. The number of aliphatic hydroxyl groups is 1. The van der Waals surface area contributed by atoms with Crippen molar-refractivity contribution in [1.29, 1.82) is 0 Å². The molecule has 3 N–H and O–H groups in total. The van der Waals surface area contributed by atoms with Crippen LogP contribution in [0.25, 0.3) is 0 Å². The Bertz CT molecular complexity index is 324. The number of aliphatic hydroxyl groups excluding tert-OH is 1. The number of carboxylic acid groups (broad SMARTS) is 1. The van der Waals surface area contributed by atoms with E-state index < -0.39 is 12.1 Å². The lowest BCUT2D eigenvalue weighted by atomic mass is 10.2. The molecule has 1 saturated heterocycles. The maximum atomic E-state index is 11.7. The normalized spacial score (nSPS) is 21.1. The molecule has 7 heteroatoms. The summed E-state index contributed by atoms with van der Waals surface area (Å²) < 4.78 is 0. The number of carboxylic acids is 1. The van der Waals surface area contributed by atoms with Crippen LogP contribution in [0, 0.1) is 0 Å². The minimum atomic E-state index is -1.56. The number of carbonyl (C=O) groups excluding carboxylic acids is 1. The summed E-state index contributed by atoms with van der Waals surface area (Å²) in [6, 6.07) is 0.00778. The van der Waals surface area contributed by atoms with Crippen LogP contribution in [0.3, 0.4) is 0 Å². The first-order chi connectivity index (χ1) is 8.95. The third-order valence-corrected chi connectivity index (χ3v) is 3.47. The summed E-state index contributed by atoms with van der Waals surface area (Å²) >= 11 is 0. The van der Waals surface area contributed by atoms with Crippen LogP contribution in [0.4, 0.5) is 4.79 Å². The zero-order valence-corrected chi connectivity index (χ0v) is 11.5. The SMILES string of the molecule is CCN1CCCC1CN(C)C(=O)NCC(O)C(=O)O.